The van der Waals surface area contributed by atoms with Crippen molar-refractivity contribution in [3.05, 3.63) is 17.8 Å². The van der Waals surface area contributed by atoms with Gasteiger partial charge in [-0.2, -0.15) is 0 Å². The Morgan fingerprint density at radius 2 is 2.10 bits per heavy atom. The summed E-state index contributed by atoms with van der Waals surface area (Å²) in [5.41, 5.74) is 6.60. The van der Waals surface area contributed by atoms with Crippen molar-refractivity contribution >= 4 is 17.5 Å². The molecule has 5 heteroatoms. The van der Waals surface area contributed by atoms with Crippen LogP contribution in [0.15, 0.2) is 12.3 Å². The Morgan fingerprint density at radius 1 is 1.43 bits per heavy atom. The van der Waals surface area contributed by atoms with Crippen molar-refractivity contribution in [1.82, 2.24) is 4.98 Å². The monoisotopic (exact) mass is 291 g/mol. The van der Waals surface area contributed by atoms with Gasteiger partial charge in [0.1, 0.15) is 5.82 Å². The quantitative estimate of drug-likeness (QED) is 0.864. The third kappa shape index (κ3) is 3.65. The van der Waals surface area contributed by atoms with Gasteiger partial charge >= 0.3 is 5.97 Å². The number of nitrogens with two attached hydrogens (primary N) is 1. The fraction of sp³-hybridized carbons (Fsp3) is 0.625. The Labute approximate surface area is 126 Å². The molecule has 1 heterocycles. The molecule has 0 saturated heterocycles. The van der Waals surface area contributed by atoms with Crippen LogP contribution in [0.25, 0.3) is 0 Å². The second-order valence-corrected chi connectivity index (χ2v) is 5.87. The minimum Gasteiger partial charge on any atom is -0.462 e. The summed E-state index contributed by atoms with van der Waals surface area (Å²) < 4.78 is 5.04. The average Bonchev–Trinajstić information content (AvgIpc) is 2.48. The zero-order valence-electron chi connectivity index (χ0n) is 13.1. The van der Waals surface area contributed by atoms with Gasteiger partial charge in [-0.1, -0.05) is 6.92 Å². The summed E-state index contributed by atoms with van der Waals surface area (Å²) >= 11 is 0. The van der Waals surface area contributed by atoms with Gasteiger partial charge in [0.25, 0.3) is 0 Å². The Hall–Kier alpha value is -1.78. The van der Waals surface area contributed by atoms with E-state index in [9.17, 15) is 4.79 Å². The van der Waals surface area contributed by atoms with E-state index in [-0.39, 0.29) is 5.97 Å². The summed E-state index contributed by atoms with van der Waals surface area (Å²) in [6.45, 7) is 4.42. The number of aromatic nitrogens is 1. The van der Waals surface area contributed by atoms with Crippen molar-refractivity contribution in [2.75, 3.05) is 24.3 Å². The molecular weight excluding hydrogens is 266 g/mol. The third-order valence-corrected chi connectivity index (χ3v) is 4.31. The number of esters is 1. The lowest BCUT2D eigenvalue weighted by atomic mass is 9.87. The van der Waals surface area contributed by atoms with Crippen molar-refractivity contribution < 1.29 is 9.53 Å². The Balaban J connectivity index is 2.16. The number of hydrogen-bond donors (Lipinski definition) is 1. The number of carbonyl (C=O) groups excluding carboxylic acids is 1. The third-order valence-electron chi connectivity index (χ3n) is 4.31. The number of ether oxygens (including phenoxy) is 1. The molecule has 0 aromatic carbocycles. The molecule has 116 valence electrons. The molecule has 2 rings (SSSR count). The molecule has 1 fully saturated rings. The summed E-state index contributed by atoms with van der Waals surface area (Å²) in [6.07, 6.45) is 6.36. The maximum absolute atomic E-state index is 11.9. The van der Waals surface area contributed by atoms with E-state index < -0.39 is 0 Å². The molecule has 1 saturated carbocycles. The maximum atomic E-state index is 11.9. The predicted molar refractivity (Wildman–Crippen MR) is 84.4 cm³/mol. The minimum atomic E-state index is -0.385. The second-order valence-electron chi connectivity index (χ2n) is 5.87. The summed E-state index contributed by atoms with van der Waals surface area (Å²) in [5.74, 6) is 1.21. The first-order chi connectivity index (χ1) is 10.0. The van der Waals surface area contributed by atoms with Crippen LogP contribution in [0.5, 0.6) is 0 Å². The van der Waals surface area contributed by atoms with Gasteiger partial charge in [0.15, 0.2) is 0 Å². The number of pyridine rings is 1. The van der Waals surface area contributed by atoms with E-state index in [0.29, 0.717) is 23.9 Å². The van der Waals surface area contributed by atoms with E-state index in [1.165, 1.54) is 25.7 Å². The lowest BCUT2D eigenvalue weighted by molar-refractivity contribution is 0.0527. The van der Waals surface area contributed by atoms with Crippen LogP contribution < -0.4 is 10.6 Å². The molecule has 0 radical (unpaired) electrons. The fourth-order valence-corrected chi connectivity index (χ4v) is 2.85. The van der Waals surface area contributed by atoms with Gasteiger partial charge in [0, 0.05) is 13.1 Å². The molecule has 0 bridgehead atoms. The largest absolute Gasteiger partial charge is 0.462 e. The standard InChI is InChI=1S/C16H25N3O2/c1-4-21-16(20)13-9-15(18-10-14(13)17)19(3)12-7-5-11(2)6-8-12/h9-12H,4-8,17H2,1-3H3. The average molecular weight is 291 g/mol. The second kappa shape index (κ2) is 6.78. The van der Waals surface area contributed by atoms with Crippen LogP contribution in [-0.4, -0.2) is 30.6 Å². The smallest absolute Gasteiger partial charge is 0.340 e. The van der Waals surface area contributed by atoms with Gasteiger partial charge in [0.05, 0.1) is 24.1 Å². The van der Waals surface area contributed by atoms with E-state index in [1.807, 2.05) is 7.05 Å². The molecule has 2 N–H and O–H groups in total. The van der Waals surface area contributed by atoms with Crippen LogP contribution in [-0.2, 0) is 4.74 Å². The first-order valence-corrected chi connectivity index (χ1v) is 7.68. The van der Waals surface area contributed by atoms with Crippen molar-refractivity contribution in [3.63, 3.8) is 0 Å². The molecular formula is C16H25N3O2. The van der Waals surface area contributed by atoms with Crippen molar-refractivity contribution in [3.8, 4) is 0 Å². The molecule has 1 aromatic rings. The lowest BCUT2D eigenvalue weighted by Gasteiger charge is -2.34. The van der Waals surface area contributed by atoms with Crippen LogP contribution in [0.4, 0.5) is 11.5 Å². The van der Waals surface area contributed by atoms with Crippen LogP contribution >= 0.6 is 0 Å². The highest BCUT2D eigenvalue weighted by Gasteiger charge is 2.23. The van der Waals surface area contributed by atoms with Gasteiger partial charge in [-0.15, -0.1) is 0 Å². The first kappa shape index (κ1) is 15.6. The number of hydrogen-bond acceptors (Lipinski definition) is 5. The molecule has 0 aliphatic heterocycles. The van der Waals surface area contributed by atoms with E-state index in [4.69, 9.17) is 10.5 Å². The summed E-state index contributed by atoms with van der Waals surface area (Å²) in [6, 6.07) is 2.22. The Bertz CT molecular complexity index is 496. The predicted octanol–water partition coefficient (Wildman–Crippen LogP) is 2.86. The number of anilines is 2. The molecule has 21 heavy (non-hydrogen) atoms. The highest BCUT2D eigenvalue weighted by Crippen LogP contribution is 2.29. The van der Waals surface area contributed by atoms with Crippen molar-refractivity contribution in [1.29, 1.82) is 0 Å². The molecule has 1 aliphatic rings. The van der Waals surface area contributed by atoms with Gasteiger partial charge in [-0.3, -0.25) is 0 Å². The summed E-state index contributed by atoms with van der Waals surface area (Å²) in [4.78, 5) is 18.4. The first-order valence-electron chi connectivity index (χ1n) is 7.68. The molecule has 5 nitrogen and oxygen atoms in total. The van der Waals surface area contributed by atoms with E-state index in [0.717, 1.165) is 11.7 Å². The molecule has 0 amide bonds. The van der Waals surface area contributed by atoms with Gasteiger partial charge in [0.2, 0.25) is 0 Å². The number of rotatable bonds is 4. The molecule has 0 atom stereocenters. The number of nitrogen functional groups attached to an aromatic ring is 1. The Kier molecular flexibility index (Phi) is 5.04. The zero-order valence-corrected chi connectivity index (χ0v) is 13.1. The summed E-state index contributed by atoms with van der Waals surface area (Å²) in [7, 11) is 2.04. The topological polar surface area (TPSA) is 68.5 Å². The van der Waals surface area contributed by atoms with Crippen LogP contribution in [0, 0.1) is 5.92 Å². The number of nitrogens with zero attached hydrogens (tertiary/aromatic N) is 2. The maximum Gasteiger partial charge on any atom is 0.340 e. The zero-order chi connectivity index (χ0) is 15.4. The van der Waals surface area contributed by atoms with Gasteiger partial charge in [-0.25, -0.2) is 9.78 Å². The minimum absolute atomic E-state index is 0.340. The highest BCUT2D eigenvalue weighted by atomic mass is 16.5. The summed E-state index contributed by atoms with van der Waals surface area (Å²) in [5, 5.41) is 0. The van der Waals surface area contributed by atoms with E-state index >= 15 is 0 Å². The SMILES string of the molecule is CCOC(=O)c1cc(N(C)C2CCC(C)CC2)ncc1N. The Morgan fingerprint density at radius 3 is 2.71 bits per heavy atom. The van der Waals surface area contributed by atoms with Crippen LogP contribution in [0.1, 0.15) is 49.9 Å². The van der Waals surface area contributed by atoms with Crippen LogP contribution in [0.3, 0.4) is 0 Å². The van der Waals surface area contributed by atoms with Gasteiger partial charge < -0.3 is 15.4 Å². The van der Waals surface area contributed by atoms with Crippen molar-refractivity contribution in [2.45, 2.75) is 45.6 Å². The molecule has 1 aliphatic carbocycles. The van der Waals surface area contributed by atoms with Gasteiger partial charge in [-0.05, 0) is 44.6 Å². The number of carbonyl (C=O) groups is 1. The van der Waals surface area contributed by atoms with Crippen LogP contribution in [0.2, 0.25) is 0 Å². The molecule has 1 aromatic heterocycles. The van der Waals surface area contributed by atoms with E-state index in [2.05, 4.69) is 16.8 Å². The lowest BCUT2D eigenvalue weighted by Crippen LogP contribution is -2.35. The van der Waals surface area contributed by atoms with Crippen molar-refractivity contribution in [2.24, 2.45) is 5.92 Å². The van der Waals surface area contributed by atoms with E-state index in [1.54, 1.807) is 19.2 Å². The normalized spacial score (nSPS) is 21.9. The highest BCUT2D eigenvalue weighted by molar-refractivity contribution is 5.95. The molecule has 0 spiro atoms. The fourth-order valence-electron chi connectivity index (χ4n) is 2.85. The molecule has 0 unspecified atom stereocenters.